The summed E-state index contributed by atoms with van der Waals surface area (Å²) in [4.78, 5) is 0.973. The zero-order valence-electron chi connectivity index (χ0n) is 6.76. The zero-order chi connectivity index (χ0) is 9.68. The molecule has 0 radical (unpaired) electrons. The summed E-state index contributed by atoms with van der Waals surface area (Å²) in [5.41, 5.74) is 0.584. The second-order valence-corrected chi connectivity index (χ2v) is 4.22. The molecule has 0 aliphatic heterocycles. The van der Waals surface area contributed by atoms with Crippen molar-refractivity contribution >= 4 is 35.0 Å². The lowest BCUT2D eigenvalue weighted by molar-refractivity contribution is 1.40. The molecule has 0 bridgehead atoms. The van der Waals surface area contributed by atoms with Crippen molar-refractivity contribution in [3.63, 3.8) is 0 Å². The molecule has 13 heavy (non-hydrogen) atoms. The minimum Gasteiger partial charge on any atom is -0.192 e. The van der Waals surface area contributed by atoms with Crippen LogP contribution in [0.15, 0.2) is 23.1 Å². The molecular formula is C9H7Cl2NS. The van der Waals surface area contributed by atoms with E-state index in [1.165, 1.54) is 0 Å². The minimum absolute atomic E-state index is 0.584. The van der Waals surface area contributed by atoms with Crippen LogP contribution in [-0.4, -0.2) is 11.6 Å². The molecule has 0 aromatic heterocycles. The fourth-order valence-corrected chi connectivity index (χ4v) is 2.07. The lowest BCUT2D eigenvalue weighted by atomic mass is 10.2. The van der Waals surface area contributed by atoms with Crippen LogP contribution in [-0.2, 0) is 0 Å². The van der Waals surface area contributed by atoms with E-state index < -0.39 is 0 Å². The van der Waals surface area contributed by atoms with Gasteiger partial charge in [0, 0.05) is 16.5 Å². The van der Waals surface area contributed by atoms with Crippen molar-refractivity contribution < 1.29 is 0 Å². The molecule has 0 aliphatic rings. The Morgan fingerprint density at radius 1 is 1.46 bits per heavy atom. The van der Waals surface area contributed by atoms with Crippen LogP contribution in [0.5, 0.6) is 0 Å². The molecule has 0 saturated carbocycles. The van der Waals surface area contributed by atoms with E-state index in [0.717, 1.165) is 10.6 Å². The van der Waals surface area contributed by atoms with Crippen molar-refractivity contribution in [3.05, 3.63) is 28.8 Å². The summed E-state index contributed by atoms with van der Waals surface area (Å²) in [5, 5.41) is 9.21. The molecule has 1 nitrogen and oxygen atoms in total. The molecule has 4 heteroatoms. The van der Waals surface area contributed by atoms with Gasteiger partial charge in [-0.15, -0.1) is 23.4 Å². The maximum atomic E-state index is 8.59. The van der Waals surface area contributed by atoms with Crippen molar-refractivity contribution in [2.75, 3.05) is 11.6 Å². The van der Waals surface area contributed by atoms with Crippen molar-refractivity contribution in [2.45, 2.75) is 4.90 Å². The van der Waals surface area contributed by atoms with E-state index in [1.807, 2.05) is 12.1 Å². The van der Waals surface area contributed by atoms with Gasteiger partial charge in [-0.1, -0.05) is 11.6 Å². The van der Waals surface area contributed by atoms with Gasteiger partial charge in [0.15, 0.2) is 0 Å². The summed E-state index contributed by atoms with van der Waals surface area (Å²) in [6.07, 6.45) is 0. The van der Waals surface area contributed by atoms with Crippen LogP contribution in [0.3, 0.4) is 0 Å². The fraction of sp³-hybridized carbons (Fsp3) is 0.222. The van der Waals surface area contributed by atoms with Gasteiger partial charge in [0.25, 0.3) is 0 Å². The zero-order valence-corrected chi connectivity index (χ0v) is 9.09. The van der Waals surface area contributed by atoms with Gasteiger partial charge in [-0.2, -0.15) is 5.26 Å². The van der Waals surface area contributed by atoms with Crippen LogP contribution < -0.4 is 0 Å². The number of hydrogen-bond acceptors (Lipinski definition) is 2. The van der Waals surface area contributed by atoms with Gasteiger partial charge in [-0.3, -0.25) is 0 Å². The standard InChI is InChI=1S/C9H7Cl2NS/c10-3-4-13-9-2-1-7(6-12)5-8(9)11/h1-2,5H,3-4H2. The van der Waals surface area contributed by atoms with E-state index in [0.29, 0.717) is 16.5 Å². The third kappa shape index (κ3) is 3.11. The van der Waals surface area contributed by atoms with Gasteiger partial charge >= 0.3 is 0 Å². The number of thioether (sulfide) groups is 1. The Hall–Kier alpha value is -0.360. The van der Waals surface area contributed by atoms with Gasteiger partial charge in [0.2, 0.25) is 0 Å². The lowest BCUT2D eigenvalue weighted by Crippen LogP contribution is -1.82. The number of alkyl halides is 1. The third-order valence-corrected chi connectivity index (χ3v) is 3.31. The second-order valence-electron chi connectivity index (χ2n) is 2.29. The highest BCUT2D eigenvalue weighted by atomic mass is 35.5. The van der Waals surface area contributed by atoms with E-state index in [-0.39, 0.29) is 0 Å². The van der Waals surface area contributed by atoms with Crippen molar-refractivity contribution in [3.8, 4) is 6.07 Å². The molecule has 0 spiro atoms. The second kappa shape index (κ2) is 5.39. The largest absolute Gasteiger partial charge is 0.192 e. The summed E-state index contributed by atoms with van der Waals surface area (Å²) in [7, 11) is 0. The highest BCUT2D eigenvalue weighted by Gasteiger charge is 2.01. The molecule has 68 valence electrons. The Morgan fingerprint density at radius 2 is 2.23 bits per heavy atom. The Kier molecular flexibility index (Phi) is 4.44. The van der Waals surface area contributed by atoms with Crippen molar-refractivity contribution in [2.24, 2.45) is 0 Å². The highest BCUT2D eigenvalue weighted by molar-refractivity contribution is 7.99. The molecule has 1 rings (SSSR count). The van der Waals surface area contributed by atoms with Crippen molar-refractivity contribution in [1.82, 2.24) is 0 Å². The first-order valence-electron chi connectivity index (χ1n) is 3.66. The minimum atomic E-state index is 0.584. The molecule has 0 N–H and O–H groups in total. The summed E-state index contributed by atoms with van der Waals surface area (Å²) in [6.45, 7) is 0. The topological polar surface area (TPSA) is 23.8 Å². The molecular weight excluding hydrogens is 225 g/mol. The van der Waals surface area contributed by atoms with Gasteiger partial charge in [0.1, 0.15) is 0 Å². The quantitative estimate of drug-likeness (QED) is 0.587. The fourth-order valence-electron chi connectivity index (χ4n) is 0.836. The van der Waals surface area contributed by atoms with Crippen LogP contribution >= 0.6 is 35.0 Å². The third-order valence-electron chi connectivity index (χ3n) is 1.40. The van der Waals surface area contributed by atoms with E-state index in [1.54, 1.807) is 23.9 Å². The first-order valence-corrected chi connectivity index (χ1v) is 5.56. The Balaban J connectivity index is 2.81. The van der Waals surface area contributed by atoms with Gasteiger partial charge in [0.05, 0.1) is 16.7 Å². The summed E-state index contributed by atoms with van der Waals surface area (Å²) in [5.74, 6) is 1.42. The molecule has 0 amide bonds. The average molecular weight is 232 g/mol. The van der Waals surface area contributed by atoms with Crippen LogP contribution in [0.2, 0.25) is 5.02 Å². The summed E-state index contributed by atoms with van der Waals surface area (Å²) in [6, 6.07) is 7.29. The summed E-state index contributed by atoms with van der Waals surface area (Å²) >= 11 is 13.1. The number of nitriles is 1. The number of nitrogens with zero attached hydrogens (tertiary/aromatic N) is 1. The van der Waals surface area contributed by atoms with Crippen LogP contribution in [0.1, 0.15) is 5.56 Å². The average Bonchev–Trinajstić information content (AvgIpc) is 2.16. The Morgan fingerprint density at radius 3 is 2.77 bits per heavy atom. The Labute approximate surface area is 91.6 Å². The number of halogens is 2. The first kappa shape index (κ1) is 10.7. The molecule has 1 aromatic carbocycles. The Bertz CT molecular complexity index is 333. The molecule has 0 fully saturated rings. The molecule has 0 saturated heterocycles. The smallest absolute Gasteiger partial charge is 0.0992 e. The predicted molar refractivity (Wildman–Crippen MR) is 57.6 cm³/mol. The van der Waals surface area contributed by atoms with Gasteiger partial charge in [-0.05, 0) is 18.2 Å². The number of rotatable bonds is 3. The van der Waals surface area contributed by atoms with E-state index in [4.69, 9.17) is 28.5 Å². The van der Waals surface area contributed by atoms with Crippen LogP contribution in [0.4, 0.5) is 0 Å². The van der Waals surface area contributed by atoms with Gasteiger partial charge in [-0.25, -0.2) is 0 Å². The predicted octanol–water partition coefficient (Wildman–Crippen LogP) is 3.54. The molecule has 0 aliphatic carbocycles. The number of hydrogen-bond donors (Lipinski definition) is 0. The van der Waals surface area contributed by atoms with Crippen LogP contribution in [0.25, 0.3) is 0 Å². The van der Waals surface area contributed by atoms with Gasteiger partial charge < -0.3 is 0 Å². The SMILES string of the molecule is N#Cc1ccc(SCCCl)c(Cl)c1. The molecule has 0 atom stereocenters. The van der Waals surface area contributed by atoms with E-state index in [2.05, 4.69) is 0 Å². The highest BCUT2D eigenvalue weighted by Crippen LogP contribution is 2.27. The van der Waals surface area contributed by atoms with E-state index in [9.17, 15) is 0 Å². The maximum Gasteiger partial charge on any atom is 0.0992 e. The first-order chi connectivity index (χ1) is 6.27. The monoisotopic (exact) mass is 231 g/mol. The van der Waals surface area contributed by atoms with E-state index >= 15 is 0 Å². The molecule has 1 aromatic rings. The normalized spacial score (nSPS) is 9.62. The molecule has 0 unspecified atom stereocenters. The number of benzene rings is 1. The van der Waals surface area contributed by atoms with Crippen LogP contribution in [0, 0.1) is 11.3 Å². The lowest BCUT2D eigenvalue weighted by Gasteiger charge is -2.01. The molecule has 0 heterocycles. The summed E-state index contributed by atoms with van der Waals surface area (Å²) < 4.78 is 0. The van der Waals surface area contributed by atoms with Crippen molar-refractivity contribution in [1.29, 1.82) is 5.26 Å². The maximum absolute atomic E-state index is 8.59.